The molecule has 0 aliphatic heterocycles. The monoisotopic (exact) mass is 216 g/mol. The van der Waals surface area contributed by atoms with Gasteiger partial charge in [0.15, 0.2) is 0 Å². The zero-order valence-electron chi connectivity index (χ0n) is 8.67. The van der Waals surface area contributed by atoms with Crippen molar-refractivity contribution < 1.29 is 24.7 Å². The molecule has 0 atom stereocenters. The molecule has 86 valence electrons. The Morgan fingerprint density at radius 1 is 1.53 bits per heavy atom. The van der Waals surface area contributed by atoms with Crippen molar-refractivity contribution in [2.24, 2.45) is 7.05 Å². The van der Waals surface area contributed by atoms with Crippen LogP contribution in [-0.4, -0.2) is 34.0 Å². The Balaban J connectivity index is 0.000000336. The summed E-state index contributed by atoms with van der Waals surface area (Å²) >= 11 is 0. The van der Waals surface area contributed by atoms with Gasteiger partial charge in [0.05, 0.1) is 26.2 Å². The molecule has 1 rings (SSSR count). The van der Waals surface area contributed by atoms with E-state index in [-0.39, 0.29) is 6.61 Å². The van der Waals surface area contributed by atoms with Gasteiger partial charge < -0.3 is 20.1 Å². The Kier molecular flexibility index (Phi) is 7.21. The van der Waals surface area contributed by atoms with Gasteiger partial charge >= 0.3 is 0 Å². The third-order valence-electron chi connectivity index (χ3n) is 1.53. The normalized spacial score (nSPS) is 9.27. The summed E-state index contributed by atoms with van der Waals surface area (Å²) in [5.74, 6) is -1.44. The molecule has 1 heterocycles. The van der Waals surface area contributed by atoms with Crippen molar-refractivity contribution in [3.63, 3.8) is 0 Å². The number of imidazole rings is 1. The Bertz CT molecular complexity index is 285. The van der Waals surface area contributed by atoms with E-state index < -0.39 is 12.6 Å². The topological polar surface area (TPSA) is 89.4 Å². The highest BCUT2D eigenvalue weighted by atomic mass is 16.4. The highest BCUT2D eigenvalue weighted by Crippen LogP contribution is 1.86. The van der Waals surface area contributed by atoms with Crippen LogP contribution in [0.2, 0.25) is 0 Å². The molecule has 1 aromatic rings. The van der Waals surface area contributed by atoms with Gasteiger partial charge in [0.1, 0.15) is 12.4 Å². The zero-order valence-corrected chi connectivity index (χ0v) is 8.67. The fourth-order valence-electron chi connectivity index (χ4n) is 0.887. The Hall–Kier alpha value is -1.40. The lowest BCUT2D eigenvalue weighted by molar-refractivity contribution is -0.671. The highest BCUT2D eigenvalue weighted by Gasteiger charge is 1.96. The summed E-state index contributed by atoms with van der Waals surface area (Å²) in [6.07, 6.45) is 6.80. The standard InChI is InChI=1S/C7H13N2O.C2H4O3/c1-8-4-5-9(7-8)3-2-6-10;3-1-2(4)5/h4-5,7,10H,2-3,6H2,1H3;3H,1H2,(H,4,5)/q+1;/p-1. The average Bonchev–Trinajstić information content (AvgIpc) is 2.62. The van der Waals surface area contributed by atoms with Crippen LogP contribution in [0.3, 0.4) is 0 Å². The quantitative estimate of drug-likeness (QED) is 0.541. The van der Waals surface area contributed by atoms with Crippen LogP contribution in [0.4, 0.5) is 0 Å². The van der Waals surface area contributed by atoms with Gasteiger partial charge in [-0.3, -0.25) is 0 Å². The third-order valence-corrected chi connectivity index (χ3v) is 1.53. The van der Waals surface area contributed by atoms with E-state index >= 15 is 0 Å². The molecule has 0 aliphatic carbocycles. The molecule has 0 fully saturated rings. The maximum Gasteiger partial charge on any atom is 0.243 e. The summed E-state index contributed by atoms with van der Waals surface area (Å²) in [7, 11) is 1.98. The third kappa shape index (κ3) is 7.65. The average molecular weight is 216 g/mol. The molecule has 0 unspecified atom stereocenters. The van der Waals surface area contributed by atoms with Crippen LogP contribution in [-0.2, 0) is 18.4 Å². The van der Waals surface area contributed by atoms with Gasteiger partial charge in [-0.1, -0.05) is 0 Å². The summed E-state index contributed by atoms with van der Waals surface area (Å²) in [5.41, 5.74) is 0. The maximum atomic E-state index is 9.01. The van der Waals surface area contributed by atoms with Crippen molar-refractivity contribution in [1.29, 1.82) is 0 Å². The number of carboxylic acid groups (broad SMARTS) is 1. The van der Waals surface area contributed by atoms with Crippen molar-refractivity contribution in [2.75, 3.05) is 13.2 Å². The van der Waals surface area contributed by atoms with Gasteiger partial charge in [-0.25, -0.2) is 9.13 Å². The summed E-state index contributed by atoms with van der Waals surface area (Å²) in [6, 6.07) is 0. The maximum absolute atomic E-state index is 9.01. The van der Waals surface area contributed by atoms with Crippen LogP contribution in [0, 0.1) is 0 Å². The minimum atomic E-state index is -1.44. The predicted molar refractivity (Wildman–Crippen MR) is 49.4 cm³/mol. The Labute approximate surface area is 88.0 Å². The molecule has 0 radical (unpaired) electrons. The van der Waals surface area contributed by atoms with Crippen LogP contribution in [0.1, 0.15) is 6.42 Å². The van der Waals surface area contributed by atoms with E-state index in [0.717, 1.165) is 13.0 Å². The molecule has 0 aliphatic rings. The Morgan fingerprint density at radius 3 is 2.47 bits per heavy atom. The van der Waals surface area contributed by atoms with Gasteiger partial charge in [-0.05, 0) is 0 Å². The first-order valence-electron chi connectivity index (χ1n) is 4.52. The zero-order chi connectivity index (χ0) is 11.7. The molecule has 0 saturated carbocycles. The summed E-state index contributed by atoms with van der Waals surface area (Å²) in [5, 5.41) is 25.0. The van der Waals surface area contributed by atoms with Gasteiger partial charge in [0.25, 0.3) is 0 Å². The van der Waals surface area contributed by atoms with E-state index in [2.05, 4.69) is 4.57 Å². The first-order chi connectivity index (χ1) is 7.10. The van der Waals surface area contributed by atoms with Crippen LogP contribution in [0.15, 0.2) is 18.7 Å². The Morgan fingerprint density at radius 2 is 2.13 bits per heavy atom. The van der Waals surface area contributed by atoms with E-state index in [0.29, 0.717) is 0 Å². The van der Waals surface area contributed by atoms with Gasteiger partial charge in [0, 0.05) is 13.0 Å². The molecule has 0 bridgehead atoms. The first kappa shape index (κ1) is 13.6. The lowest BCUT2D eigenvalue weighted by Crippen LogP contribution is -2.25. The summed E-state index contributed by atoms with van der Waals surface area (Å²) in [4.78, 5) is 9.01. The van der Waals surface area contributed by atoms with E-state index in [9.17, 15) is 0 Å². The van der Waals surface area contributed by atoms with Crippen molar-refractivity contribution in [2.45, 2.75) is 13.0 Å². The van der Waals surface area contributed by atoms with Gasteiger partial charge in [0.2, 0.25) is 6.33 Å². The number of aryl methyl sites for hydroxylation is 2. The lowest BCUT2D eigenvalue weighted by atomic mass is 10.4. The fraction of sp³-hybridized carbons (Fsp3) is 0.556. The SMILES string of the molecule is C[n+]1ccn(CCCO)c1.O=C([O-])CO. The van der Waals surface area contributed by atoms with Crippen LogP contribution in [0.5, 0.6) is 0 Å². The molecule has 0 amide bonds. The second-order valence-electron chi connectivity index (χ2n) is 2.92. The molecule has 15 heavy (non-hydrogen) atoms. The molecule has 2 N–H and O–H groups in total. The van der Waals surface area contributed by atoms with Crippen molar-refractivity contribution >= 4 is 5.97 Å². The number of aliphatic hydroxyl groups is 2. The van der Waals surface area contributed by atoms with Crippen LogP contribution in [0.25, 0.3) is 0 Å². The van der Waals surface area contributed by atoms with Crippen molar-refractivity contribution in [3.8, 4) is 0 Å². The minimum Gasteiger partial charge on any atom is -0.548 e. The second kappa shape index (κ2) is 7.95. The molecule has 0 spiro atoms. The van der Waals surface area contributed by atoms with Crippen molar-refractivity contribution in [3.05, 3.63) is 18.7 Å². The molecule has 0 aromatic carbocycles. The minimum absolute atomic E-state index is 0.266. The number of carbonyl (C=O) groups excluding carboxylic acids is 1. The number of rotatable bonds is 4. The number of hydrogen-bond acceptors (Lipinski definition) is 4. The number of aliphatic hydroxyl groups excluding tert-OH is 2. The van der Waals surface area contributed by atoms with Gasteiger partial charge in [-0.2, -0.15) is 0 Å². The molecule has 0 saturated heterocycles. The van der Waals surface area contributed by atoms with Crippen LogP contribution < -0.4 is 9.67 Å². The highest BCUT2D eigenvalue weighted by molar-refractivity contribution is 5.65. The molecule has 6 nitrogen and oxygen atoms in total. The number of aliphatic carboxylic acids is 1. The summed E-state index contributed by atoms with van der Waals surface area (Å²) in [6.45, 7) is 0.277. The van der Waals surface area contributed by atoms with E-state index in [1.165, 1.54) is 0 Å². The second-order valence-corrected chi connectivity index (χ2v) is 2.92. The van der Waals surface area contributed by atoms with E-state index in [4.69, 9.17) is 20.1 Å². The molecular weight excluding hydrogens is 200 g/mol. The van der Waals surface area contributed by atoms with Crippen molar-refractivity contribution in [1.82, 2.24) is 4.57 Å². The van der Waals surface area contributed by atoms with E-state index in [1.807, 2.05) is 30.3 Å². The lowest BCUT2D eigenvalue weighted by Gasteiger charge is -1.90. The van der Waals surface area contributed by atoms with Crippen LogP contribution >= 0.6 is 0 Å². The largest absolute Gasteiger partial charge is 0.548 e. The number of hydrogen-bond donors (Lipinski definition) is 2. The van der Waals surface area contributed by atoms with Gasteiger partial charge in [-0.15, -0.1) is 0 Å². The van der Waals surface area contributed by atoms with E-state index in [1.54, 1.807) is 0 Å². The fourth-order valence-corrected chi connectivity index (χ4v) is 0.887. The number of aromatic nitrogens is 2. The molecule has 1 aromatic heterocycles. The molecule has 6 heteroatoms. The number of carboxylic acids is 1. The predicted octanol–water partition coefficient (Wildman–Crippen LogP) is -2.58. The smallest absolute Gasteiger partial charge is 0.243 e. The summed E-state index contributed by atoms with van der Waals surface area (Å²) < 4.78 is 4.04. The number of nitrogens with zero attached hydrogens (tertiary/aromatic N) is 2. The number of carbonyl (C=O) groups is 1. The first-order valence-corrected chi connectivity index (χ1v) is 4.52. The molecular formula is C9H16N2O4.